The summed E-state index contributed by atoms with van der Waals surface area (Å²) in [7, 11) is 0. The minimum Gasteiger partial charge on any atom is -0.451 e. The van der Waals surface area contributed by atoms with Crippen molar-refractivity contribution < 1.29 is 9.21 Å². The maximum atomic E-state index is 13.0. The number of nitrogens with zero attached hydrogens (tertiary/aromatic N) is 4. The Balaban J connectivity index is 1.26. The second kappa shape index (κ2) is 9.21. The van der Waals surface area contributed by atoms with Crippen LogP contribution in [0.3, 0.4) is 0 Å². The lowest BCUT2D eigenvalue weighted by Gasteiger charge is -2.35. The fraction of sp³-hybridized carbons (Fsp3) is 0.440. The maximum absolute atomic E-state index is 13.0. The lowest BCUT2D eigenvalue weighted by atomic mass is 9.96. The summed E-state index contributed by atoms with van der Waals surface area (Å²) < 4.78 is 5.74. The number of carbonyl (C=O) groups excluding carboxylic acids is 1. The van der Waals surface area contributed by atoms with Crippen molar-refractivity contribution in [3.05, 3.63) is 58.1 Å². The Bertz CT molecular complexity index is 1210. The normalized spacial score (nSPS) is 17.4. The third-order valence-corrected chi connectivity index (χ3v) is 6.52. The quantitative estimate of drug-likeness (QED) is 0.653. The highest BCUT2D eigenvalue weighted by atomic mass is 16.3. The number of aromatic nitrogens is 2. The molecule has 3 heterocycles. The van der Waals surface area contributed by atoms with Crippen molar-refractivity contribution in [3.63, 3.8) is 0 Å². The lowest BCUT2D eigenvalue weighted by molar-refractivity contribution is 0.0715. The molecule has 8 heteroatoms. The van der Waals surface area contributed by atoms with Crippen LogP contribution in [0, 0.1) is 6.92 Å². The first-order valence-electron chi connectivity index (χ1n) is 11.8. The minimum absolute atomic E-state index is 0.0870. The van der Waals surface area contributed by atoms with Crippen LogP contribution in [0.1, 0.15) is 48.4 Å². The summed E-state index contributed by atoms with van der Waals surface area (Å²) in [5, 5.41) is 4.00. The zero-order chi connectivity index (χ0) is 22.8. The van der Waals surface area contributed by atoms with Crippen LogP contribution in [-0.4, -0.2) is 53.0 Å². The van der Waals surface area contributed by atoms with Gasteiger partial charge in [-0.1, -0.05) is 31.4 Å². The van der Waals surface area contributed by atoms with E-state index < -0.39 is 0 Å². The van der Waals surface area contributed by atoms with Gasteiger partial charge in [-0.3, -0.25) is 9.59 Å². The Morgan fingerprint density at radius 3 is 2.58 bits per heavy atom. The average molecular weight is 448 g/mol. The van der Waals surface area contributed by atoms with E-state index in [-0.39, 0.29) is 17.1 Å². The zero-order valence-electron chi connectivity index (χ0n) is 18.9. The van der Waals surface area contributed by atoms with Crippen LogP contribution in [0.25, 0.3) is 11.0 Å². The fourth-order valence-electron chi connectivity index (χ4n) is 4.71. The van der Waals surface area contributed by atoms with Crippen LogP contribution in [0.4, 0.5) is 11.8 Å². The monoisotopic (exact) mass is 447 g/mol. The van der Waals surface area contributed by atoms with Gasteiger partial charge in [-0.2, -0.15) is 4.98 Å². The molecule has 5 rings (SSSR count). The Morgan fingerprint density at radius 2 is 1.79 bits per heavy atom. The predicted octanol–water partition coefficient (Wildman–Crippen LogP) is 3.60. The molecule has 0 atom stereocenters. The van der Waals surface area contributed by atoms with Gasteiger partial charge in [0.2, 0.25) is 5.95 Å². The van der Waals surface area contributed by atoms with Crippen molar-refractivity contribution in [2.75, 3.05) is 36.4 Å². The number of hydrogen-bond acceptors (Lipinski definition) is 7. The molecule has 1 amide bonds. The molecule has 1 N–H and O–H groups in total. The third-order valence-electron chi connectivity index (χ3n) is 6.52. The number of carbonyl (C=O) groups is 1. The van der Waals surface area contributed by atoms with Crippen LogP contribution < -0.4 is 15.6 Å². The Labute approximate surface area is 192 Å². The van der Waals surface area contributed by atoms with Crippen molar-refractivity contribution in [1.82, 2.24) is 14.9 Å². The number of hydrogen-bond donors (Lipinski definition) is 1. The number of fused-ring (bicyclic) bond motifs is 1. The van der Waals surface area contributed by atoms with Gasteiger partial charge in [0.05, 0.1) is 5.39 Å². The van der Waals surface area contributed by atoms with Crippen LogP contribution in [0.2, 0.25) is 0 Å². The van der Waals surface area contributed by atoms with E-state index in [0.29, 0.717) is 49.1 Å². The Kier molecular flexibility index (Phi) is 5.98. The van der Waals surface area contributed by atoms with E-state index in [9.17, 15) is 9.59 Å². The number of aryl methyl sites for hydroxylation is 1. The maximum Gasteiger partial charge on any atom is 0.289 e. The summed E-state index contributed by atoms with van der Waals surface area (Å²) in [6.07, 6.45) is 6.15. The first-order valence-corrected chi connectivity index (χ1v) is 11.8. The van der Waals surface area contributed by atoms with Crippen molar-refractivity contribution in [3.8, 4) is 0 Å². The van der Waals surface area contributed by atoms with E-state index >= 15 is 0 Å². The first kappa shape index (κ1) is 21.4. The molecule has 0 radical (unpaired) electrons. The average Bonchev–Trinajstić information content (AvgIpc) is 2.84. The van der Waals surface area contributed by atoms with Gasteiger partial charge in [-0.05, 0) is 31.9 Å². The molecule has 2 aromatic heterocycles. The van der Waals surface area contributed by atoms with Gasteiger partial charge in [0.25, 0.3) is 5.91 Å². The second-order valence-electron chi connectivity index (χ2n) is 8.92. The molecule has 1 aliphatic carbocycles. The molecule has 0 unspecified atom stereocenters. The highest BCUT2D eigenvalue weighted by Gasteiger charge is 2.26. The zero-order valence-corrected chi connectivity index (χ0v) is 18.9. The molecule has 0 spiro atoms. The second-order valence-corrected chi connectivity index (χ2v) is 8.92. The van der Waals surface area contributed by atoms with Crippen molar-refractivity contribution in [1.29, 1.82) is 0 Å². The van der Waals surface area contributed by atoms with Crippen LogP contribution in [0.15, 0.2) is 45.6 Å². The number of rotatable bonds is 4. The fourth-order valence-corrected chi connectivity index (χ4v) is 4.71. The summed E-state index contributed by atoms with van der Waals surface area (Å²) in [4.78, 5) is 38.6. The molecule has 1 saturated heterocycles. The number of benzene rings is 1. The van der Waals surface area contributed by atoms with Gasteiger partial charge in [-0.15, -0.1) is 0 Å². The number of para-hydroxylation sites is 1. The number of anilines is 2. The first-order chi connectivity index (χ1) is 16.1. The standard InChI is InChI=1S/C25H29N5O3/c1-17-15-23(28-25(26-17)27-18-7-3-2-4-8-18)29-11-13-30(14-12-29)24(32)22-16-20(31)19-9-5-6-10-21(19)33-22/h5-6,9-10,15-16,18H,2-4,7-8,11-14H2,1H3,(H,26,27,28). The van der Waals surface area contributed by atoms with Gasteiger partial charge >= 0.3 is 0 Å². The summed E-state index contributed by atoms with van der Waals surface area (Å²) in [6, 6.07) is 10.7. The van der Waals surface area contributed by atoms with E-state index in [1.165, 1.54) is 38.2 Å². The minimum atomic E-state index is -0.254. The Morgan fingerprint density at radius 1 is 1.03 bits per heavy atom. The van der Waals surface area contributed by atoms with Gasteiger partial charge in [0.1, 0.15) is 11.4 Å². The van der Waals surface area contributed by atoms with E-state index in [4.69, 9.17) is 9.40 Å². The third kappa shape index (κ3) is 4.69. The number of amides is 1. The van der Waals surface area contributed by atoms with Gasteiger partial charge in [0.15, 0.2) is 11.2 Å². The predicted molar refractivity (Wildman–Crippen MR) is 128 cm³/mol. The lowest BCUT2D eigenvalue weighted by Crippen LogP contribution is -2.49. The SMILES string of the molecule is Cc1cc(N2CCN(C(=O)c3cc(=O)c4ccccc4o3)CC2)nc(NC2CCCCC2)n1. The highest BCUT2D eigenvalue weighted by Crippen LogP contribution is 2.23. The van der Waals surface area contributed by atoms with E-state index in [2.05, 4.69) is 15.2 Å². The van der Waals surface area contributed by atoms with Crippen molar-refractivity contribution >= 4 is 28.6 Å². The molecule has 0 bridgehead atoms. The number of nitrogens with one attached hydrogen (secondary N) is 1. The van der Waals surface area contributed by atoms with Crippen molar-refractivity contribution in [2.24, 2.45) is 0 Å². The number of piperazine rings is 1. The molecular formula is C25H29N5O3. The Hall–Kier alpha value is -3.42. The molecule has 2 fully saturated rings. The summed E-state index contributed by atoms with van der Waals surface area (Å²) in [5.74, 6) is 1.40. The van der Waals surface area contributed by atoms with Crippen LogP contribution in [-0.2, 0) is 0 Å². The molecule has 1 saturated carbocycles. The molecular weight excluding hydrogens is 418 g/mol. The van der Waals surface area contributed by atoms with Gasteiger partial charge in [-0.25, -0.2) is 4.98 Å². The molecule has 2 aliphatic rings. The topological polar surface area (TPSA) is 91.6 Å². The summed E-state index contributed by atoms with van der Waals surface area (Å²) in [5.41, 5.74) is 1.16. The van der Waals surface area contributed by atoms with Crippen LogP contribution in [0.5, 0.6) is 0 Å². The van der Waals surface area contributed by atoms with Gasteiger partial charge < -0.3 is 19.5 Å². The van der Waals surface area contributed by atoms with E-state index in [1.54, 1.807) is 29.2 Å². The largest absolute Gasteiger partial charge is 0.451 e. The van der Waals surface area contributed by atoms with E-state index in [0.717, 1.165) is 11.5 Å². The van der Waals surface area contributed by atoms with Gasteiger partial charge in [0, 0.05) is 50.0 Å². The molecule has 172 valence electrons. The molecule has 8 nitrogen and oxygen atoms in total. The summed E-state index contributed by atoms with van der Waals surface area (Å²) >= 11 is 0. The highest BCUT2D eigenvalue weighted by molar-refractivity contribution is 5.93. The molecule has 1 aliphatic heterocycles. The molecule has 3 aromatic rings. The van der Waals surface area contributed by atoms with E-state index in [1.807, 2.05) is 13.0 Å². The molecule has 1 aromatic carbocycles. The summed E-state index contributed by atoms with van der Waals surface area (Å²) in [6.45, 7) is 4.36. The molecule has 33 heavy (non-hydrogen) atoms. The van der Waals surface area contributed by atoms with Crippen LogP contribution >= 0.6 is 0 Å². The van der Waals surface area contributed by atoms with Crippen molar-refractivity contribution in [2.45, 2.75) is 45.1 Å². The smallest absolute Gasteiger partial charge is 0.289 e.